The number of benzene rings is 2. The smallest absolute Gasteiger partial charge is 0.303 e. The molecule has 3 nitrogen and oxygen atoms in total. The van der Waals surface area contributed by atoms with Crippen LogP contribution in [0.4, 0.5) is 0 Å². The number of aliphatic carboxylic acids is 1. The lowest BCUT2D eigenvalue weighted by molar-refractivity contribution is -0.136. The van der Waals surface area contributed by atoms with E-state index >= 15 is 0 Å². The fourth-order valence-corrected chi connectivity index (χ4v) is 4.10. The van der Waals surface area contributed by atoms with Crippen LogP contribution in [0.25, 0.3) is 10.1 Å². The second-order valence-electron chi connectivity index (χ2n) is 7.91. The SMILES string of the molecule is CC(C)(C)c1ccc(C(=O)Cc2ccc3sc(CCC(=O)O)cc3c2)cc1. The number of hydrogen-bond donors (Lipinski definition) is 1. The van der Waals surface area contributed by atoms with Crippen molar-refractivity contribution in [3.05, 3.63) is 70.1 Å². The average molecular weight is 381 g/mol. The second-order valence-corrected chi connectivity index (χ2v) is 9.07. The van der Waals surface area contributed by atoms with Crippen LogP contribution in [0.3, 0.4) is 0 Å². The zero-order valence-electron chi connectivity index (χ0n) is 15.9. The summed E-state index contributed by atoms with van der Waals surface area (Å²) in [5.74, 6) is -0.674. The molecule has 0 spiro atoms. The van der Waals surface area contributed by atoms with Gasteiger partial charge in [-0.2, -0.15) is 0 Å². The summed E-state index contributed by atoms with van der Waals surface area (Å²) in [6.07, 6.45) is 1.05. The van der Waals surface area contributed by atoms with E-state index in [2.05, 4.69) is 20.8 Å². The summed E-state index contributed by atoms with van der Waals surface area (Å²) in [5, 5.41) is 9.91. The van der Waals surface area contributed by atoms with Crippen molar-refractivity contribution >= 4 is 33.2 Å². The lowest BCUT2D eigenvalue weighted by Gasteiger charge is -2.19. The summed E-state index contributed by atoms with van der Waals surface area (Å²) in [7, 11) is 0. The summed E-state index contributed by atoms with van der Waals surface area (Å²) in [5.41, 5.74) is 3.00. The highest BCUT2D eigenvalue weighted by atomic mass is 32.1. The fraction of sp³-hybridized carbons (Fsp3) is 0.304. The molecule has 1 heterocycles. The van der Waals surface area contributed by atoms with Crippen LogP contribution in [0.1, 0.15) is 53.6 Å². The Bertz CT molecular complexity index is 975. The van der Waals surface area contributed by atoms with Gasteiger partial charge < -0.3 is 5.11 Å². The highest BCUT2D eigenvalue weighted by molar-refractivity contribution is 7.19. The fourth-order valence-electron chi connectivity index (χ4n) is 3.05. The van der Waals surface area contributed by atoms with Crippen LogP contribution in [0.5, 0.6) is 0 Å². The van der Waals surface area contributed by atoms with Gasteiger partial charge in [0.1, 0.15) is 0 Å². The minimum absolute atomic E-state index is 0.0733. The Hall–Kier alpha value is -2.46. The summed E-state index contributed by atoms with van der Waals surface area (Å²) in [6.45, 7) is 6.47. The molecule has 1 aromatic heterocycles. The van der Waals surface area contributed by atoms with E-state index in [-0.39, 0.29) is 17.6 Å². The number of ketones is 1. The van der Waals surface area contributed by atoms with E-state index in [0.717, 1.165) is 26.1 Å². The van der Waals surface area contributed by atoms with Gasteiger partial charge in [-0.3, -0.25) is 9.59 Å². The van der Waals surface area contributed by atoms with E-state index in [9.17, 15) is 9.59 Å². The number of carboxylic acids is 1. The van der Waals surface area contributed by atoms with Crippen LogP contribution >= 0.6 is 11.3 Å². The molecular weight excluding hydrogens is 356 g/mol. The van der Waals surface area contributed by atoms with Crippen molar-refractivity contribution in [1.29, 1.82) is 0 Å². The maximum atomic E-state index is 12.6. The molecule has 0 atom stereocenters. The van der Waals surface area contributed by atoms with E-state index in [1.165, 1.54) is 5.56 Å². The van der Waals surface area contributed by atoms with Gasteiger partial charge in [-0.25, -0.2) is 0 Å². The molecule has 0 fully saturated rings. The van der Waals surface area contributed by atoms with Crippen LogP contribution in [0.2, 0.25) is 0 Å². The zero-order valence-corrected chi connectivity index (χ0v) is 16.7. The molecule has 0 saturated carbocycles. The number of thiophene rings is 1. The van der Waals surface area contributed by atoms with Crippen LogP contribution in [0.15, 0.2) is 48.5 Å². The second kappa shape index (κ2) is 7.65. The van der Waals surface area contributed by atoms with Gasteiger partial charge in [-0.05, 0) is 46.5 Å². The largest absolute Gasteiger partial charge is 0.481 e. The molecule has 0 amide bonds. The summed E-state index contributed by atoms with van der Waals surface area (Å²) < 4.78 is 1.13. The molecule has 0 bridgehead atoms. The molecule has 0 saturated heterocycles. The third-order valence-corrected chi connectivity index (χ3v) is 5.83. The number of rotatable bonds is 6. The third kappa shape index (κ3) is 4.83. The number of hydrogen-bond acceptors (Lipinski definition) is 3. The predicted octanol–water partition coefficient (Wildman–Crippen LogP) is 5.64. The predicted molar refractivity (Wildman–Crippen MR) is 111 cm³/mol. The van der Waals surface area contributed by atoms with Gasteiger partial charge in [0.2, 0.25) is 0 Å². The number of Topliss-reactive ketones (excluding diaryl/α,β-unsaturated/α-hetero) is 1. The van der Waals surface area contributed by atoms with Crippen molar-refractivity contribution in [3.8, 4) is 0 Å². The van der Waals surface area contributed by atoms with Gasteiger partial charge in [-0.1, -0.05) is 51.1 Å². The average Bonchev–Trinajstić information content (AvgIpc) is 3.01. The summed E-state index contributed by atoms with van der Waals surface area (Å²) in [4.78, 5) is 24.4. The first-order valence-electron chi connectivity index (χ1n) is 9.09. The molecule has 0 aliphatic rings. The van der Waals surface area contributed by atoms with Crippen molar-refractivity contribution in [2.24, 2.45) is 0 Å². The maximum absolute atomic E-state index is 12.6. The van der Waals surface area contributed by atoms with Crippen molar-refractivity contribution in [1.82, 2.24) is 0 Å². The molecule has 4 heteroatoms. The van der Waals surface area contributed by atoms with E-state index in [1.54, 1.807) is 11.3 Å². The minimum atomic E-state index is -0.781. The van der Waals surface area contributed by atoms with E-state index < -0.39 is 5.97 Å². The molecule has 0 aliphatic heterocycles. The Morgan fingerprint density at radius 1 is 1.00 bits per heavy atom. The number of carboxylic acid groups (broad SMARTS) is 1. The van der Waals surface area contributed by atoms with E-state index in [1.807, 2.05) is 48.5 Å². The number of carbonyl (C=O) groups excluding carboxylic acids is 1. The van der Waals surface area contributed by atoms with Gasteiger partial charge >= 0.3 is 5.97 Å². The lowest BCUT2D eigenvalue weighted by Crippen LogP contribution is -2.11. The first-order valence-corrected chi connectivity index (χ1v) is 9.91. The van der Waals surface area contributed by atoms with Crippen molar-refractivity contribution in [2.75, 3.05) is 0 Å². The molecule has 140 valence electrons. The highest BCUT2D eigenvalue weighted by Gasteiger charge is 2.15. The van der Waals surface area contributed by atoms with Crippen LogP contribution in [-0.2, 0) is 23.1 Å². The van der Waals surface area contributed by atoms with Gasteiger partial charge in [0.05, 0.1) is 6.42 Å². The Morgan fingerprint density at radius 3 is 2.33 bits per heavy atom. The molecule has 1 N–H and O–H groups in total. The molecule has 0 radical (unpaired) electrons. The quantitative estimate of drug-likeness (QED) is 0.563. The highest BCUT2D eigenvalue weighted by Crippen LogP contribution is 2.28. The number of fused-ring (bicyclic) bond motifs is 1. The van der Waals surface area contributed by atoms with Crippen LogP contribution in [0, 0.1) is 0 Å². The lowest BCUT2D eigenvalue weighted by atomic mass is 9.86. The molecule has 3 rings (SSSR count). The molecule has 27 heavy (non-hydrogen) atoms. The summed E-state index contributed by atoms with van der Waals surface area (Å²) in [6, 6.07) is 16.0. The molecule has 3 aromatic rings. The monoisotopic (exact) mass is 380 g/mol. The zero-order chi connectivity index (χ0) is 19.6. The third-order valence-electron chi connectivity index (χ3n) is 4.65. The van der Waals surface area contributed by atoms with Gasteiger partial charge in [-0.15, -0.1) is 11.3 Å². The topological polar surface area (TPSA) is 54.4 Å². The number of aryl methyl sites for hydroxylation is 1. The van der Waals surface area contributed by atoms with Crippen LogP contribution < -0.4 is 0 Å². The first kappa shape index (κ1) is 19.3. The standard InChI is InChI=1S/C23H24O3S/c1-23(2,3)18-7-5-16(6-8-18)20(24)13-15-4-10-21-17(12-15)14-19(27-21)9-11-22(25)26/h4-8,10,12,14H,9,11,13H2,1-3H3,(H,25,26). The first-order chi connectivity index (χ1) is 12.7. The van der Waals surface area contributed by atoms with Gasteiger partial charge in [0.15, 0.2) is 5.78 Å². The minimum Gasteiger partial charge on any atom is -0.481 e. The van der Waals surface area contributed by atoms with E-state index in [0.29, 0.717) is 12.8 Å². The van der Waals surface area contributed by atoms with Gasteiger partial charge in [0, 0.05) is 21.6 Å². The normalized spacial score (nSPS) is 11.7. The van der Waals surface area contributed by atoms with E-state index in [4.69, 9.17) is 5.11 Å². The Balaban J connectivity index is 1.73. The number of carbonyl (C=O) groups is 2. The maximum Gasteiger partial charge on any atom is 0.303 e. The molecule has 0 unspecified atom stereocenters. The Labute approximate surface area is 163 Å². The van der Waals surface area contributed by atoms with Crippen molar-refractivity contribution in [2.45, 2.75) is 45.4 Å². The summed E-state index contributed by atoms with van der Waals surface area (Å²) >= 11 is 1.62. The van der Waals surface area contributed by atoms with Crippen molar-refractivity contribution in [3.63, 3.8) is 0 Å². The molecule has 2 aromatic carbocycles. The van der Waals surface area contributed by atoms with Crippen molar-refractivity contribution < 1.29 is 14.7 Å². The Kier molecular flexibility index (Phi) is 5.47. The van der Waals surface area contributed by atoms with Crippen LogP contribution in [-0.4, -0.2) is 16.9 Å². The molecule has 0 aliphatic carbocycles. The van der Waals surface area contributed by atoms with Gasteiger partial charge in [0.25, 0.3) is 0 Å². The Morgan fingerprint density at radius 2 is 1.70 bits per heavy atom. The molecular formula is C23H24O3S.